The molecule has 0 aromatic heterocycles. The van der Waals surface area contributed by atoms with Gasteiger partial charge in [-0.15, -0.1) is 6.58 Å². The molecular formula is C8H15N. The average molecular weight is 125 g/mol. The zero-order chi connectivity index (χ0) is 7.44. The van der Waals surface area contributed by atoms with Gasteiger partial charge in [-0.1, -0.05) is 12.5 Å². The van der Waals surface area contributed by atoms with Crippen molar-refractivity contribution in [3.05, 3.63) is 12.2 Å². The lowest BCUT2D eigenvalue weighted by molar-refractivity contribution is 0.752. The van der Waals surface area contributed by atoms with E-state index in [1.807, 2.05) is 13.8 Å². The number of allylic oxidation sites excluding steroid dienone is 1. The fourth-order valence-corrected chi connectivity index (χ4v) is 0.676. The van der Waals surface area contributed by atoms with Crippen LogP contribution in [0.1, 0.15) is 27.2 Å². The summed E-state index contributed by atoms with van der Waals surface area (Å²) < 4.78 is 0. The van der Waals surface area contributed by atoms with Crippen molar-refractivity contribution >= 4 is 5.71 Å². The van der Waals surface area contributed by atoms with E-state index in [9.17, 15) is 0 Å². The molecular weight excluding hydrogens is 110 g/mol. The van der Waals surface area contributed by atoms with Crippen molar-refractivity contribution in [3.63, 3.8) is 0 Å². The summed E-state index contributed by atoms with van der Waals surface area (Å²) in [5.41, 5.74) is 1.91. The molecule has 1 heteroatoms. The second-order valence-electron chi connectivity index (χ2n) is 2.75. The lowest BCUT2D eigenvalue weighted by Gasteiger charge is -2.07. The first-order chi connectivity index (χ1) is 4.04. The van der Waals surface area contributed by atoms with Gasteiger partial charge in [0, 0.05) is 5.71 Å². The highest BCUT2D eigenvalue weighted by atomic mass is 14.4. The molecule has 52 valence electrons. The van der Waals surface area contributed by atoms with Gasteiger partial charge in [0.2, 0.25) is 0 Å². The summed E-state index contributed by atoms with van der Waals surface area (Å²) in [4.78, 5) is 0. The van der Waals surface area contributed by atoms with Crippen LogP contribution in [0.15, 0.2) is 12.2 Å². The molecule has 0 spiro atoms. The highest BCUT2D eigenvalue weighted by Crippen LogP contribution is 2.09. The predicted octanol–water partition coefficient (Wildman–Crippen LogP) is 2.63. The molecule has 0 radical (unpaired) electrons. The third-order valence-corrected chi connectivity index (χ3v) is 1.39. The molecule has 0 amide bonds. The van der Waals surface area contributed by atoms with Gasteiger partial charge in [0.05, 0.1) is 0 Å². The summed E-state index contributed by atoms with van der Waals surface area (Å²) in [6.07, 6.45) is 0.954. The quantitative estimate of drug-likeness (QED) is 0.443. The molecule has 0 saturated heterocycles. The Balaban J connectivity index is 3.63. The maximum absolute atomic E-state index is 7.25. The Bertz CT molecular complexity index is 125. The molecule has 0 bridgehead atoms. The van der Waals surface area contributed by atoms with E-state index in [0.29, 0.717) is 5.92 Å². The van der Waals surface area contributed by atoms with Crippen LogP contribution in [0.25, 0.3) is 0 Å². The second-order valence-corrected chi connectivity index (χ2v) is 2.75. The first-order valence-corrected chi connectivity index (χ1v) is 3.23. The Labute approximate surface area is 57.3 Å². The van der Waals surface area contributed by atoms with Gasteiger partial charge in [0.25, 0.3) is 0 Å². The van der Waals surface area contributed by atoms with Crippen molar-refractivity contribution in [1.29, 1.82) is 5.41 Å². The van der Waals surface area contributed by atoms with Crippen LogP contribution in [-0.4, -0.2) is 5.71 Å². The monoisotopic (exact) mass is 125 g/mol. The molecule has 0 aromatic rings. The van der Waals surface area contributed by atoms with Crippen LogP contribution in [0.4, 0.5) is 0 Å². The number of nitrogens with one attached hydrogen (secondary N) is 1. The first kappa shape index (κ1) is 8.41. The van der Waals surface area contributed by atoms with Gasteiger partial charge in [0.15, 0.2) is 0 Å². The summed E-state index contributed by atoms with van der Waals surface area (Å²) in [5, 5.41) is 7.25. The van der Waals surface area contributed by atoms with E-state index in [-0.39, 0.29) is 0 Å². The van der Waals surface area contributed by atoms with Crippen LogP contribution in [0.5, 0.6) is 0 Å². The van der Waals surface area contributed by atoms with Crippen LogP contribution in [0, 0.1) is 11.3 Å². The van der Waals surface area contributed by atoms with Crippen molar-refractivity contribution < 1.29 is 0 Å². The van der Waals surface area contributed by atoms with Gasteiger partial charge >= 0.3 is 0 Å². The van der Waals surface area contributed by atoms with Gasteiger partial charge in [0.1, 0.15) is 0 Å². The summed E-state index contributed by atoms with van der Waals surface area (Å²) in [7, 11) is 0. The van der Waals surface area contributed by atoms with Gasteiger partial charge in [-0.3, -0.25) is 0 Å². The number of rotatable bonds is 3. The fraction of sp³-hybridized carbons (Fsp3) is 0.625. The standard InChI is InChI=1S/C8H15N/c1-6(2)5-7(3)8(4)9/h7,9H,1,5H2,2-4H3. The van der Waals surface area contributed by atoms with Crippen LogP contribution >= 0.6 is 0 Å². The van der Waals surface area contributed by atoms with E-state index in [4.69, 9.17) is 5.41 Å². The zero-order valence-corrected chi connectivity index (χ0v) is 6.49. The van der Waals surface area contributed by atoms with Crippen LogP contribution in [-0.2, 0) is 0 Å². The Morgan fingerprint density at radius 3 is 2.11 bits per heavy atom. The van der Waals surface area contributed by atoms with Crippen molar-refractivity contribution in [2.75, 3.05) is 0 Å². The average Bonchev–Trinajstić information content (AvgIpc) is 1.63. The second kappa shape index (κ2) is 3.44. The number of hydrogen-bond donors (Lipinski definition) is 1. The van der Waals surface area contributed by atoms with E-state index in [0.717, 1.165) is 17.7 Å². The third kappa shape index (κ3) is 3.95. The zero-order valence-electron chi connectivity index (χ0n) is 6.49. The molecule has 0 aliphatic heterocycles. The van der Waals surface area contributed by atoms with Gasteiger partial charge in [-0.25, -0.2) is 0 Å². The Morgan fingerprint density at radius 2 is 2.00 bits per heavy atom. The maximum Gasteiger partial charge on any atom is 0.00895 e. The topological polar surface area (TPSA) is 23.9 Å². The van der Waals surface area contributed by atoms with Crippen molar-refractivity contribution in [3.8, 4) is 0 Å². The molecule has 1 atom stereocenters. The minimum absolute atomic E-state index is 0.377. The van der Waals surface area contributed by atoms with E-state index >= 15 is 0 Å². The van der Waals surface area contributed by atoms with Crippen molar-refractivity contribution in [2.24, 2.45) is 5.92 Å². The first-order valence-electron chi connectivity index (χ1n) is 3.23. The highest BCUT2D eigenvalue weighted by Gasteiger charge is 2.02. The molecule has 9 heavy (non-hydrogen) atoms. The molecule has 0 aliphatic rings. The largest absolute Gasteiger partial charge is 0.310 e. The SMILES string of the molecule is C=C(C)CC(C)C(C)=N. The summed E-state index contributed by atoms with van der Waals surface area (Å²) in [5.74, 6) is 0.377. The van der Waals surface area contributed by atoms with E-state index in [1.165, 1.54) is 0 Å². The maximum atomic E-state index is 7.25. The smallest absolute Gasteiger partial charge is 0.00895 e. The van der Waals surface area contributed by atoms with E-state index in [2.05, 4.69) is 13.5 Å². The summed E-state index contributed by atoms with van der Waals surface area (Å²) >= 11 is 0. The minimum atomic E-state index is 0.377. The van der Waals surface area contributed by atoms with E-state index in [1.54, 1.807) is 0 Å². The Morgan fingerprint density at radius 1 is 1.56 bits per heavy atom. The van der Waals surface area contributed by atoms with Crippen LogP contribution in [0.3, 0.4) is 0 Å². The highest BCUT2D eigenvalue weighted by molar-refractivity contribution is 5.80. The Hall–Kier alpha value is -0.590. The molecule has 1 N–H and O–H groups in total. The van der Waals surface area contributed by atoms with Gasteiger partial charge in [-0.2, -0.15) is 0 Å². The van der Waals surface area contributed by atoms with Gasteiger partial charge < -0.3 is 5.41 Å². The van der Waals surface area contributed by atoms with E-state index < -0.39 is 0 Å². The summed E-state index contributed by atoms with van der Waals surface area (Å²) in [6, 6.07) is 0. The molecule has 0 saturated carbocycles. The molecule has 0 fully saturated rings. The molecule has 0 rings (SSSR count). The molecule has 1 unspecified atom stereocenters. The Kier molecular flexibility index (Phi) is 3.21. The van der Waals surface area contributed by atoms with Gasteiger partial charge in [-0.05, 0) is 26.2 Å². The lowest BCUT2D eigenvalue weighted by atomic mass is 9.99. The predicted molar refractivity (Wildman–Crippen MR) is 42.0 cm³/mol. The fourth-order valence-electron chi connectivity index (χ4n) is 0.676. The summed E-state index contributed by atoms with van der Waals surface area (Å²) in [6.45, 7) is 9.67. The minimum Gasteiger partial charge on any atom is -0.310 e. The van der Waals surface area contributed by atoms with Crippen molar-refractivity contribution in [1.82, 2.24) is 0 Å². The molecule has 0 aromatic carbocycles. The molecule has 0 aliphatic carbocycles. The third-order valence-electron chi connectivity index (χ3n) is 1.39. The van der Waals surface area contributed by atoms with Crippen molar-refractivity contribution in [2.45, 2.75) is 27.2 Å². The van der Waals surface area contributed by atoms with Crippen LogP contribution in [0.2, 0.25) is 0 Å². The normalized spacial score (nSPS) is 12.8. The lowest BCUT2D eigenvalue weighted by Crippen LogP contribution is -2.04. The molecule has 1 nitrogen and oxygen atoms in total. The number of hydrogen-bond acceptors (Lipinski definition) is 1. The van der Waals surface area contributed by atoms with Crippen LogP contribution < -0.4 is 0 Å². The molecule has 0 heterocycles.